The van der Waals surface area contributed by atoms with Crippen LogP contribution in [0.5, 0.6) is 0 Å². The van der Waals surface area contributed by atoms with Crippen molar-refractivity contribution in [1.82, 2.24) is 5.32 Å². The highest BCUT2D eigenvalue weighted by molar-refractivity contribution is 6.09. The third kappa shape index (κ3) is 3.00. The van der Waals surface area contributed by atoms with Crippen LogP contribution in [-0.4, -0.2) is 24.4 Å². The van der Waals surface area contributed by atoms with Gasteiger partial charge in [0.2, 0.25) is 11.8 Å². The summed E-state index contributed by atoms with van der Waals surface area (Å²) in [4.78, 5) is 26.0. The van der Waals surface area contributed by atoms with E-state index in [1.807, 2.05) is 38.1 Å². The second-order valence-corrected chi connectivity index (χ2v) is 5.51. The molecule has 1 aromatic carbocycles. The van der Waals surface area contributed by atoms with Crippen molar-refractivity contribution in [2.24, 2.45) is 5.92 Å². The standard InChI is InChI=1S/C16H22N2O2/c1-4-12-5-7-13(8-6-12)18-10-9-14(16(18)20)15(19)17-11(2)3/h5-8,11,14H,4,9-10H2,1-3H3,(H,17,19)/t14-/m1/s1. The molecule has 0 bridgehead atoms. The average molecular weight is 274 g/mol. The number of nitrogens with one attached hydrogen (secondary N) is 1. The summed E-state index contributed by atoms with van der Waals surface area (Å²) in [5.74, 6) is -0.784. The third-order valence-electron chi connectivity index (χ3n) is 3.61. The topological polar surface area (TPSA) is 49.4 Å². The number of rotatable bonds is 4. The summed E-state index contributed by atoms with van der Waals surface area (Å²) in [6.07, 6.45) is 1.57. The van der Waals surface area contributed by atoms with E-state index in [9.17, 15) is 9.59 Å². The highest BCUT2D eigenvalue weighted by Gasteiger charge is 2.37. The molecule has 2 rings (SSSR count). The number of anilines is 1. The summed E-state index contributed by atoms with van der Waals surface area (Å²) in [7, 11) is 0. The Bertz CT molecular complexity index is 494. The van der Waals surface area contributed by atoms with Crippen LogP contribution in [0.2, 0.25) is 0 Å². The predicted molar refractivity (Wildman–Crippen MR) is 79.6 cm³/mol. The van der Waals surface area contributed by atoms with Gasteiger partial charge in [-0.2, -0.15) is 0 Å². The lowest BCUT2D eigenvalue weighted by molar-refractivity contribution is -0.132. The molecule has 1 aromatic rings. The van der Waals surface area contributed by atoms with Gasteiger partial charge < -0.3 is 10.2 Å². The molecule has 108 valence electrons. The largest absolute Gasteiger partial charge is 0.353 e. The van der Waals surface area contributed by atoms with E-state index in [1.54, 1.807) is 4.90 Å². The van der Waals surface area contributed by atoms with Gasteiger partial charge in [-0.1, -0.05) is 19.1 Å². The maximum Gasteiger partial charge on any atom is 0.239 e. The van der Waals surface area contributed by atoms with Crippen LogP contribution in [0.15, 0.2) is 24.3 Å². The first-order valence-corrected chi connectivity index (χ1v) is 7.23. The van der Waals surface area contributed by atoms with E-state index < -0.39 is 5.92 Å². The highest BCUT2D eigenvalue weighted by atomic mass is 16.2. The molecule has 1 heterocycles. The van der Waals surface area contributed by atoms with Crippen molar-refractivity contribution >= 4 is 17.5 Å². The van der Waals surface area contributed by atoms with Gasteiger partial charge in [-0.05, 0) is 44.4 Å². The van der Waals surface area contributed by atoms with Crippen molar-refractivity contribution in [2.75, 3.05) is 11.4 Å². The van der Waals surface area contributed by atoms with Crippen LogP contribution in [0, 0.1) is 5.92 Å². The van der Waals surface area contributed by atoms with Gasteiger partial charge in [0.1, 0.15) is 5.92 Å². The smallest absolute Gasteiger partial charge is 0.239 e. The molecule has 4 nitrogen and oxygen atoms in total. The first kappa shape index (κ1) is 14.6. The van der Waals surface area contributed by atoms with Gasteiger partial charge in [0.05, 0.1) is 0 Å². The Kier molecular flexibility index (Phi) is 4.42. The second-order valence-electron chi connectivity index (χ2n) is 5.51. The minimum atomic E-state index is -0.539. The first-order valence-electron chi connectivity index (χ1n) is 7.23. The lowest BCUT2D eigenvalue weighted by Crippen LogP contribution is -2.39. The summed E-state index contributed by atoms with van der Waals surface area (Å²) < 4.78 is 0. The van der Waals surface area contributed by atoms with E-state index in [0.717, 1.165) is 12.1 Å². The molecule has 0 spiro atoms. The molecule has 1 fully saturated rings. The SMILES string of the molecule is CCc1ccc(N2CC[C@H](C(=O)NC(C)C)C2=O)cc1. The maximum atomic E-state index is 12.3. The normalized spacial score (nSPS) is 18.7. The summed E-state index contributed by atoms with van der Waals surface area (Å²) in [5.41, 5.74) is 2.13. The van der Waals surface area contributed by atoms with Crippen molar-refractivity contribution in [3.63, 3.8) is 0 Å². The number of nitrogens with zero attached hydrogens (tertiary/aromatic N) is 1. The monoisotopic (exact) mass is 274 g/mol. The molecule has 0 saturated carbocycles. The Labute approximate surface area is 120 Å². The summed E-state index contributed by atoms with van der Waals surface area (Å²) >= 11 is 0. The molecular weight excluding hydrogens is 252 g/mol. The molecule has 1 aliphatic rings. The third-order valence-corrected chi connectivity index (χ3v) is 3.61. The Morgan fingerprint density at radius 3 is 2.55 bits per heavy atom. The van der Waals surface area contributed by atoms with Gasteiger partial charge in [0.15, 0.2) is 0 Å². The van der Waals surface area contributed by atoms with Crippen molar-refractivity contribution in [1.29, 1.82) is 0 Å². The quantitative estimate of drug-likeness (QED) is 0.855. The zero-order valence-electron chi connectivity index (χ0n) is 12.3. The van der Waals surface area contributed by atoms with E-state index in [0.29, 0.717) is 13.0 Å². The fraction of sp³-hybridized carbons (Fsp3) is 0.500. The minimum absolute atomic E-state index is 0.0631. The van der Waals surface area contributed by atoms with Crippen molar-refractivity contribution in [3.8, 4) is 0 Å². The molecule has 0 aliphatic carbocycles. The molecule has 1 atom stereocenters. The highest BCUT2D eigenvalue weighted by Crippen LogP contribution is 2.25. The number of hydrogen-bond donors (Lipinski definition) is 1. The minimum Gasteiger partial charge on any atom is -0.353 e. The molecular formula is C16H22N2O2. The molecule has 0 unspecified atom stereocenters. The lowest BCUT2D eigenvalue weighted by Gasteiger charge is -2.17. The van der Waals surface area contributed by atoms with Gasteiger partial charge in [-0.25, -0.2) is 0 Å². The lowest BCUT2D eigenvalue weighted by atomic mass is 10.1. The van der Waals surface area contributed by atoms with E-state index in [-0.39, 0.29) is 17.9 Å². The van der Waals surface area contributed by atoms with Gasteiger partial charge in [-0.15, -0.1) is 0 Å². The van der Waals surface area contributed by atoms with Crippen LogP contribution in [0.3, 0.4) is 0 Å². The molecule has 1 aliphatic heterocycles. The molecule has 1 saturated heterocycles. The van der Waals surface area contributed by atoms with Gasteiger partial charge in [-0.3, -0.25) is 9.59 Å². The Morgan fingerprint density at radius 1 is 1.35 bits per heavy atom. The molecule has 20 heavy (non-hydrogen) atoms. The Hall–Kier alpha value is -1.84. The van der Waals surface area contributed by atoms with E-state index >= 15 is 0 Å². The Balaban J connectivity index is 2.08. The van der Waals surface area contributed by atoms with Crippen LogP contribution in [-0.2, 0) is 16.0 Å². The van der Waals surface area contributed by atoms with Crippen LogP contribution >= 0.6 is 0 Å². The Morgan fingerprint density at radius 2 is 2.00 bits per heavy atom. The van der Waals surface area contributed by atoms with Crippen LogP contribution < -0.4 is 10.2 Å². The van der Waals surface area contributed by atoms with Crippen molar-refractivity contribution in [3.05, 3.63) is 29.8 Å². The molecule has 4 heteroatoms. The molecule has 0 aromatic heterocycles. The van der Waals surface area contributed by atoms with E-state index in [4.69, 9.17) is 0 Å². The fourth-order valence-corrected chi connectivity index (χ4v) is 2.48. The fourth-order valence-electron chi connectivity index (χ4n) is 2.48. The number of hydrogen-bond acceptors (Lipinski definition) is 2. The van der Waals surface area contributed by atoms with Gasteiger partial charge in [0, 0.05) is 18.3 Å². The zero-order chi connectivity index (χ0) is 14.7. The first-order chi connectivity index (χ1) is 9.52. The maximum absolute atomic E-state index is 12.3. The van der Waals surface area contributed by atoms with Gasteiger partial charge >= 0.3 is 0 Å². The zero-order valence-corrected chi connectivity index (χ0v) is 12.3. The number of aryl methyl sites for hydroxylation is 1. The predicted octanol–water partition coefficient (Wildman–Crippen LogP) is 2.13. The van der Waals surface area contributed by atoms with Crippen LogP contribution in [0.25, 0.3) is 0 Å². The number of carbonyl (C=O) groups is 2. The molecule has 0 radical (unpaired) electrons. The molecule has 2 amide bonds. The molecule has 1 N–H and O–H groups in total. The summed E-state index contributed by atoms with van der Waals surface area (Å²) in [5, 5.41) is 2.82. The number of amides is 2. The number of carbonyl (C=O) groups excluding carboxylic acids is 2. The second kappa shape index (κ2) is 6.07. The van der Waals surface area contributed by atoms with Crippen molar-refractivity contribution < 1.29 is 9.59 Å². The van der Waals surface area contributed by atoms with Gasteiger partial charge in [0.25, 0.3) is 0 Å². The number of benzene rings is 1. The average Bonchev–Trinajstić information content (AvgIpc) is 2.80. The van der Waals surface area contributed by atoms with Crippen molar-refractivity contribution in [2.45, 2.75) is 39.7 Å². The summed E-state index contributed by atoms with van der Waals surface area (Å²) in [6.45, 7) is 6.51. The summed E-state index contributed by atoms with van der Waals surface area (Å²) in [6, 6.07) is 8.04. The van der Waals surface area contributed by atoms with Crippen LogP contribution in [0.4, 0.5) is 5.69 Å². The van der Waals surface area contributed by atoms with E-state index in [2.05, 4.69) is 12.2 Å². The van der Waals surface area contributed by atoms with Crippen LogP contribution in [0.1, 0.15) is 32.8 Å². The van der Waals surface area contributed by atoms with E-state index in [1.165, 1.54) is 5.56 Å².